The van der Waals surface area contributed by atoms with Gasteiger partial charge in [-0.3, -0.25) is 0 Å². The zero-order valence-electron chi connectivity index (χ0n) is 42.8. The third-order valence-corrected chi connectivity index (χ3v) is 21.9. The quantitative estimate of drug-likeness (QED) is 0.0845. The topological polar surface area (TPSA) is 0 Å². The maximum Gasteiger partial charge on any atom is -0.0134 e. The molecule has 0 bridgehead atoms. The van der Waals surface area contributed by atoms with E-state index in [4.69, 9.17) is 0 Å². The van der Waals surface area contributed by atoms with Crippen molar-refractivity contribution < 1.29 is 19.5 Å². The van der Waals surface area contributed by atoms with Crippen LogP contribution in [0.1, 0.15) is 0 Å². The summed E-state index contributed by atoms with van der Waals surface area (Å²) in [5.41, 5.74) is 0. The summed E-state index contributed by atoms with van der Waals surface area (Å²) < 4.78 is 0. The molecule has 0 saturated carbocycles. The molecule has 12 rings (SSSR count). The van der Waals surface area contributed by atoms with Crippen LogP contribution in [0.25, 0.3) is 0 Å². The number of benzene rings is 12. The monoisotopic (exact) mass is 1150 g/mol. The van der Waals surface area contributed by atoms with Gasteiger partial charge < -0.3 is 0 Å². The van der Waals surface area contributed by atoms with Crippen LogP contribution in [0.4, 0.5) is 0 Å². The minimum Gasteiger partial charge on any atom is -0.0622 e. The van der Waals surface area contributed by atoms with E-state index in [1.165, 1.54) is 63.7 Å². The van der Waals surface area contributed by atoms with Gasteiger partial charge in [0.25, 0.3) is 0 Å². The molecule has 0 aliphatic heterocycles. The standard InChI is InChI=1S/4C18H15P.Rh.3H/c4*1-4-10-16(11-5-1)19(17-12-6-2-7-13-17)18-14-8-3-9-15-18;;;;/h4*1-15H;;;;. The second-order valence-electron chi connectivity index (χ2n) is 17.4. The molecule has 0 N–H and O–H groups in total. The first-order valence-electron chi connectivity index (χ1n) is 25.6. The van der Waals surface area contributed by atoms with E-state index in [1.54, 1.807) is 0 Å². The van der Waals surface area contributed by atoms with Crippen LogP contribution in [-0.2, 0) is 19.5 Å². The Bertz CT molecular complexity index is 2580. The van der Waals surface area contributed by atoms with Gasteiger partial charge in [-0.15, -0.1) is 0 Å². The first-order chi connectivity index (χ1) is 37.8. The van der Waals surface area contributed by atoms with Crippen LogP contribution >= 0.6 is 31.7 Å². The normalized spacial score (nSPS) is 10.4. The Balaban J connectivity index is 0.000000135. The Labute approximate surface area is 475 Å². The van der Waals surface area contributed by atoms with E-state index < -0.39 is 31.7 Å². The van der Waals surface area contributed by atoms with E-state index in [9.17, 15) is 0 Å². The van der Waals surface area contributed by atoms with Crippen LogP contribution in [-0.4, -0.2) is 0 Å². The number of hydrogen-bond donors (Lipinski definition) is 0. The Kier molecular flexibility index (Phi) is 22.8. The third kappa shape index (κ3) is 16.5. The summed E-state index contributed by atoms with van der Waals surface area (Å²) >= 11 is 0. The fourth-order valence-corrected chi connectivity index (χ4v) is 17.9. The molecular weight excluding hydrogens is 1090 g/mol. The molecule has 0 spiro atoms. The van der Waals surface area contributed by atoms with Gasteiger partial charge in [-0.1, -0.05) is 364 Å². The molecule has 0 aromatic heterocycles. The van der Waals surface area contributed by atoms with Crippen LogP contribution in [0.2, 0.25) is 0 Å². The number of rotatable bonds is 12. The molecule has 0 aliphatic rings. The molecule has 12 aromatic carbocycles. The van der Waals surface area contributed by atoms with E-state index >= 15 is 0 Å². The molecule has 77 heavy (non-hydrogen) atoms. The van der Waals surface area contributed by atoms with Crippen molar-refractivity contribution in [2.75, 3.05) is 0 Å². The molecule has 0 nitrogen and oxygen atoms in total. The van der Waals surface area contributed by atoms with Gasteiger partial charge in [-0.2, -0.15) is 0 Å². The summed E-state index contributed by atoms with van der Waals surface area (Å²) in [6.07, 6.45) is 0. The van der Waals surface area contributed by atoms with Crippen molar-refractivity contribution in [2.45, 2.75) is 0 Å². The Morgan fingerprint density at radius 2 is 0.169 bits per heavy atom. The molecule has 380 valence electrons. The molecule has 0 aliphatic carbocycles. The van der Waals surface area contributed by atoms with Gasteiger partial charge in [0, 0.05) is 0 Å². The van der Waals surface area contributed by atoms with Crippen LogP contribution in [0.5, 0.6) is 0 Å². The van der Waals surface area contributed by atoms with Crippen LogP contribution in [0, 0.1) is 0 Å². The van der Waals surface area contributed by atoms with Gasteiger partial charge >= 0.3 is 19.5 Å². The van der Waals surface area contributed by atoms with Gasteiger partial charge in [0.2, 0.25) is 0 Å². The molecule has 5 heteroatoms. The molecule has 0 amide bonds. The van der Waals surface area contributed by atoms with Crippen molar-refractivity contribution in [2.24, 2.45) is 0 Å². The summed E-state index contributed by atoms with van der Waals surface area (Å²) in [6.45, 7) is 0. The zero-order valence-corrected chi connectivity index (χ0v) is 48.4. The molecule has 12 aromatic rings. The van der Waals surface area contributed by atoms with E-state index in [2.05, 4.69) is 364 Å². The SMILES string of the molecule is [RhH3].c1ccc(P(c2ccccc2)c2ccccc2)cc1.c1ccc(P(c2ccccc2)c2ccccc2)cc1.c1ccc(P(c2ccccc2)c2ccccc2)cc1.c1ccc(P(c2ccccc2)c2ccccc2)cc1. The Hall–Kier alpha value is -7.02. The minimum atomic E-state index is -0.446. The average molecular weight is 1160 g/mol. The van der Waals surface area contributed by atoms with E-state index in [0.717, 1.165) is 0 Å². The number of hydrogen-bond acceptors (Lipinski definition) is 0. The summed E-state index contributed by atoms with van der Waals surface area (Å²) in [6, 6.07) is 129. The zero-order chi connectivity index (χ0) is 51.7. The van der Waals surface area contributed by atoms with E-state index in [1.807, 2.05) is 0 Å². The van der Waals surface area contributed by atoms with Crippen molar-refractivity contribution in [3.8, 4) is 0 Å². The van der Waals surface area contributed by atoms with Crippen molar-refractivity contribution in [1.29, 1.82) is 0 Å². The predicted molar refractivity (Wildman–Crippen MR) is 345 cm³/mol. The largest absolute Gasteiger partial charge is 0.0622 e. The molecular formula is C72H63P4Rh. The van der Waals surface area contributed by atoms with Gasteiger partial charge in [-0.05, 0) is 95.3 Å². The van der Waals surface area contributed by atoms with Crippen molar-refractivity contribution in [1.82, 2.24) is 0 Å². The summed E-state index contributed by atoms with van der Waals surface area (Å²) in [5.74, 6) is 0. The van der Waals surface area contributed by atoms with Crippen molar-refractivity contribution in [3.63, 3.8) is 0 Å². The van der Waals surface area contributed by atoms with E-state index in [0.29, 0.717) is 0 Å². The van der Waals surface area contributed by atoms with Gasteiger partial charge in [-0.25, -0.2) is 0 Å². The van der Waals surface area contributed by atoms with Crippen LogP contribution in [0.15, 0.2) is 364 Å². The average Bonchev–Trinajstić information content (AvgIpc) is 3.51. The molecule has 0 fully saturated rings. The summed E-state index contributed by atoms with van der Waals surface area (Å²) in [7, 11) is -1.78. The first-order valence-corrected chi connectivity index (χ1v) is 31.0. The predicted octanol–water partition coefficient (Wildman–Crippen LogP) is 13.0. The summed E-state index contributed by atoms with van der Waals surface area (Å²) in [5, 5.41) is 16.8. The maximum absolute atomic E-state index is 2.23. The molecule has 0 saturated heterocycles. The van der Waals surface area contributed by atoms with Crippen LogP contribution < -0.4 is 63.7 Å². The Morgan fingerprint density at radius 1 is 0.104 bits per heavy atom. The second-order valence-corrected chi connectivity index (χ2v) is 26.2. The van der Waals surface area contributed by atoms with Gasteiger partial charge in [0.05, 0.1) is 0 Å². The summed E-state index contributed by atoms with van der Waals surface area (Å²) in [4.78, 5) is 0. The van der Waals surface area contributed by atoms with Crippen molar-refractivity contribution in [3.05, 3.63) is 364 Å². The smallest absolute Gasteiger partial charge is 0.0134 e. The fourth-order valence-electron chi connectivity index (χ4n) is 8.71. The van der Waals surface area contributed by atoms with Crippen molar-refractivity contribution >= 4 is 95.3 Å². The van der Waals surface area contributed by atoms with Gasteiger partial charge in [0.1, 0.15) is 0 Å². The van der Waals surface area contributed by atoms with Gasteiger partial charge in [0.15, 0.2) is 0 Å². The minimum absolute atomic E-state index is 0. The second kappa shape index (κ2) is 31.3. The molecule has 0 heterocycles. The molecule has 1 radical (unpaired) electrons. The molecule has 0 unspecified atom stereocenters. The van der Waals surface area contributed by atoms with E-state index in [-0.39, 0.29) is 19.5 Å². The first kappa shape index (κ1) is 56.2. The Morgan fingerprint density at radius 3 is 0.234 bits per heavy atom. The fraction of sp³-hybridized carbons (Fsp3) is 0. The van der Waals surface area contributed by atoms with Crippen LogP contribution in [0.3, 0.4) is 0 Å². The third-order valence-electron chi connectivity index (χ3n) is 12.2. The molecule has 0 atom stereocenters. The maximum atomic E-state index is 2.23.